The molecule has 6 nitrogen and oxygen atoms in total. The maximum atomic E-state index is 12.9. The Balaban J connectivity index is 1.40. The monoisotopic (exact) mass is 418 g/mol. The zero-order valence-electron chi connectivity index (χ0n) is 18.3. The number of hydrogen-bond acceptors (Lipinski definition) is 4. The molecule has 0 unspecified atom stereocenters. The van der Waals surface area contributed by atoms with Crippen LogP contribution in [0.25, 0.3) is 5.82 Å². The highest BCUT2D eigenvalue weighted by atomic mass is 16.5. The van der Waals surface area contributed by atoms with Crippen molar-refractivity contribution >= 4 is 5.91 Å². The van der Waals surface area contributed by atoms with Crippen molar-refractivity contribution in [2.75, 3.05) is 20.2 Å². The summed E-state index contributed by atoms with van der Waals surface area (Å²) in [6.07, 6.45) is 7.98. The summed E-state index contributed by atoms with van der Waals surface area (Å²) in [7, 11) is 1.66. The molecule has 1 amide bonds. The molecular weight excluding hydrogens is 388 g/mol. The Morgan fingerprint density at radius 1 is 1.19 bits per heavy atom. The maximum absolute atomic E-state index is 12.9. The van der Waals surface area contributed by atoms with Gasteiger partial charge in [0, 0.05) is 49.9 Å². The molecule has 1 atom stereocenters. The number of ether oxygens (including phenoxy) is 1. The summed E-state index contributed by atoms with van der Waals surface area (Å²) in [5.41, 5.74) is 2.21. The fraction of sp³-hybridized carbons (Fsp3) is 0.400. The summed E-state index contributed by atoms with van der Waals surface area (Å²) >= 11 is 0. The van der Waals surface area contributed by atoms with Crippen LogP contribution in [0.4, 0.5) is 0 Å². The molecule has 162 valence electrons. The van der Waals surface area contributed by atoms with Crippen molar-refractivity contribution in [2.24, 2.45) is 0 Å². The van der Waals surface area contributed by atoms with Crippen molar-refractivity contribution in [3.8, 4) is 11.6 Å². The summed E-state index contributed by atoms with van der Waals surface area (Å²) in [6, 6.07) is 14.1. The number of nitrogens with zero attached hydrogens (tertiary/aromatic N) is 4. The van der Waals surface area contributed by atoms with Gasteiger partial charge < -0.3 is 9.64 Å². The molecule has 1 saturated heterocycles. The van der Waals surface area contributed by atoms with Crippen LogP contribution in [0.1, 0.15) is 49.2 Å². The molecule has 3 heterocycles. The number of rotatable bonds is 7. The number of aryl methyl sites for hydroxylation is 2. The van der Waals surface area contributed by atoms with Crippen LogP contribution in [-0.2, 0) is 17.6 Å². The van der Waals surface area contributed by atoms with Crippen LogP contribution < -0.4 is 4.74 Å². The quantitative estimate of drug-likeness (QED) is 0.578. The van der Waals surface area contributed by atoms with Crippen molar-refractivity contribution in [1.29, 1.82) is 0 Å². The number of benzene rings is 1. The van der Waals surface area contributed by atoms with E-state index in [0.717, 1.165) is 67.4 Å². The highest BCUT2D eigenvalue weighted by Gasteiger charge is 2.25. The average molecular weight is 419 g/mol. The van der Waals surface area contributed by atoms with Gasteiger partial charge in [-0.15, -0.1) is 0 Å². The normalized spacial score (nSPS) is 16.3. The Morgan fingerprint density at radius 2 is 2.03 bits per heavy atom. The number of pyridine rings is 1. The average Bonchev–Trinajstić information content (AvgIpc) is 3.32. The Labute approximate surface area is 183 Å². The lowest BCUT2D eigenvalue weighted by Gasteiger charge is -2.32. The van der Waals surface area contributed by atoms with Crippen molar-refractivity contribution in [1.82, 2.24) is 19.4 Å². The minimum atomic E-state index is 0.222. The van der Waals surface area contributed by atoms with Crippen LogP contribution in [0, 0.1) is 0 Å². The zero-order chi connectivity index (χ0) is 21.6. The minimum Gasteiger partial charge on any atom is -0.497 e. The molecule has 1 fully saturated rings. The van der Waals surface area contributed by atoms with Crippen LogP contribution in [0.2, 0.25) is 0 Å². The van der Waals surface area contributed by atoms with Gasteiger partial charge in [0.1, 0.15) is 17.4 Å². The first-order chi connectivity index (χ1) is 15.2. The van der Waals surface area contributed by atoms with Gasteiger partial charge in [0.2, 0.25) is 5.91 Å². The number of methoxy groups -OCH3 is 1. The molecule has 4 rings (SSSR count). The number of likely N-dealkylation sites (tertiary alicyclic amines) is 1. The van der Waals surface area contributed by atoms with Gasteiger partial charge in [-0.05, 0) is 49.1 Å². The lowest BCUT2D eigenvalue weighted by Crippen LogP contribution is -2.39. The number of piperidine rings is 1. The van der Waals surface area contributed by atoms with Crippen molar-refractivity contribution < 1.29 is 9.53 Å². The first kappa shape index (κ1) is 21.1. The molecule has 1 aromatic carbocycles. The molecule has 3 aromatic rings. The van der Waals surface area contributed by atoms with Crippen LogP contribution in [0.15, 0.2) is 54.9 Å². The largest absolute Gasteiger partial charge is 0.497 e. The van der Waals surface area contributed by atoms with E-state index in [9.17, 15) is 4.79 Å². The Kier molecular flexibility index (Phi) is 6.65. The van der Waals surface area contributed by atoms with Crippen molar-refractivity contribution in [2.45, 2.75) is 44.9 Å². The number of aromatic nitrogens is 3. The third-order valence-electron chi connectivity index (χ3n) is 6.02. The van der Waals surface area contributed by atoms with Gasteiger partial charge in [0.15, 0.2) is 0 Å². The lowest BCUT2D eigenvalue weighted by atomic mass is 9.94. The van der Waals surface area contributed by atoms with Gasteiger partial charge in [-0.25, -0.2) is 9.97 Å². The third-order valence-corrected chi connectivity index (χ3v) is 6.02. The van der Waals surface area contributed by atoms with Gasteiger partial charge in [0.25, 0.3) is 0 Å². The van der Waals surface area contributed by atoms with Gasteiger partial charge in [-0.3, -0.25) is 9.36 Å². The topological polar surface area (TPSA) is 60.2 Å². The van der Waals surface area contributed by atoms with Gasteiger partial charge >= 0.3 is 0 Å². The first-order valence-electron chi connectivity index (χ1n) is 11.1. The maximum Gasteiger partial charge on any atom is 0.222 e. The molecule has 0 N–H and O–H groups in total. The molecule has 0 aliphatic carbocycles. The number of imidazole rings is 1. The molecule has 31 heavy (non-hydrogen) atoms. The second kappa shape index (κ2) is 9.77. The number of carbonyl (C=O) groups is 1. The Bertz CT molecular complexity index is 1010. The molecule has 1 aliphatic rings. The van der Waals surface area contributed by atoms with Crippen molar-refractivity contribution in [3.05, 3.63) is 71.9 Å². The fourth-order valence-corrected chi connectivity index (χ4v) is 4.25. The predicted octanol–water partition coefficient (Wildman–Crippen LogP) is 4.18. The zero-order valence-corrected chi connectivity index (χ0v) is 18.3. The second-order valence-electron chi connectivity index (χ2n) is 8.01. The van der Waals surface area contributed by atoms with E-state index in [2.05, 4.69) is 24.0 Å². The Morgan fingerprint density at radius 3 is 2.81 bits per heavy atom. The summed E-state index contributed by atoms with van der Waals surface area (Å²) < 4.78 is 7.25. The van der Waals surface area contributed by atoms with Crippen LogP contribution in [0.3, 0.4) is 0 Å². The molecule has 0 radical (unpaired) electrons. The number of amides is 1. The predicted molar refractivity (Wildman–Crippen MR) is 121 cm³/mol. The first-order valence-corrected chi connectivity index (χ1v) is 11.1. The highest BCUT2D eigenvalue weighted by molar-refractivity contribution is 5.76. The van der Waals surface area contributed by atoms with Crippen LogP contribution in [-0.4, -0.2) is 45.5 Å². The minimum absolute atomic E-state index is 0.222. The van der Waals surface area contributed by atoms with Crippen LogP contribution in [0.5, 0.6) is 5.75 Å². The molecule has 0 spiro atoms. The highest BCUT2D eigenvalue weighted by Crippen LogP contribution is 2.27. The summed E-state index contributed by atoms with van der Waals surface area (Å²) in [5.74, 6) is 3.23. The van der Waals surface area contributed by atoms with E-state index in [4.69, 9.17) is 9.72 Å². The van der Waals surface area contributed by atoms with E-state index in [1.54, 1.807) is 7.11 Å². The third kappa shape index (κ3) is 4.95. The summed E-state index contributed by atoms with van der Waals surface area (Å²) in [5, 5.41) is 0. The van der Waals surface area contributed by atoms with Gasteiger partial charge in [-0.1, -0.05) is 25.1 Å². The van der Waals surface area contributed by atoms with Crippen molar-refractivity contribution in [3.63, 3.8) is 0 Å². The molecule has 6 heteroatoms. The molecule has 0 bridgehead atoms. The van der Waals surface area contributed by atoms with E-state index in [1.807, 2.05) is 52.2 Å². The molecule has 0 saturated carbocycles. The standard InChI is InChI=1S/C25H30N4O2/c1-3-23-26-15-17-29(23)24-8-4-7-22(27-24)20-6-5-16-28(18-20)25(30)14-11-19-9-12-21(31-2)13-10-19/h4,7-10,12-13,15,17,20H,3,5-6,11,14,16,18H2,1-2H3/t20-/m0/s1. The summed E-state index contributed by atoms with van der Waals surface area (Å²) in [6.45, 7) is 3.67. The number of hydrogen-bond donors (Lipinski definition) is 0. The lowest BCUT2D eigenvalue weighted by molar-refractivity contribution is -0.132. The smallest absolute Gasteiger partial charge is 0.222 e. The van der Waals surface area contributed by atoms with E-state index in [0.29, 0.717) is 6.42 Å². The number of carbonyl (C=O) groups excluding carboxylic acids is 1. The fourth-order valence-electron chi connectivity index (χ4n) is 4.25. The SMILES string of the molecule is CCc1nccn1-c1cccc([C@H]2CCCN(C(=O)CCc3ccc(OC)cc3)C2)n1. The van der Waals surface area contributed by atoms with E-state index in [1.165, 1.54) is 0 Å². The molecule has 2 aromatic heterocycles. The van der Waals surface area contributed by atoms with Crippen LogP contribution >= 0.6 is 0 Å². The second-order valence-corrected chi connectivity index (χ2v) is 8.01. The molecular formula is C25H30N4O2. The van der Waals surface area contributed by atoms with Gasteiger partial charge in [-0.2, -0.15) is 0 Å². The van der Waals surface area contributed by atoms with E-state index < -0.39 is 0 Å². The molecule has 1 aliphatic heterocycles. The van der Waals surface area contributed by atoms with Gasteiger partial charge in [0.05, 0.1) is 7.11 Å². The summed E-state index contributed by atoms with van der Waals surface area (Å²) in [4.78, 5) is 24.2. The van der Waals surface area contributed by atoms with E-state index in [-0.39, 0.29) is 11.8 Å². The Hall–Kier alpha value is -3.15. The van der Waals surface area contributed by atoms with E-state index >= 15 is 0 Å².